The molecule has 0 saturated carbocycles. The maximum absolute atomic E-state index is 12.0. The van der Waals surface area contributed by atoms with E-state index in [4.69, 9.17) is 28.9 Å². The molecule has 0 fully saturated rings. The Labute approximate surface area is 113 Å². The van der Waals surface area contributed by atoms with Crippen LogP contribution in [0.2, 0.25) is 10.0 Å². The molecule has 0 bridgehead atoms. The monoisotopic (exact) mass is 284 g/mol. The highest BCUT2D eigenvalue weighted by Crippen LogP contribution is 2.23. The summed E-state index contributed by atoms with van der Waals surface area (Å²) in [4.78, 5) is 12.0. The molecule has 2 aromatic rings. The number of aryl methyl sites for hydroxylation is 1. The third-order valence-corrected chi connectivity index (χ3v) is 2.95. The van der Waals surface area contributed by atoms with Gasteiger partial charge in [-0.3, -0.25) is 9.89 Å². The topological polar surface area (TPSA) is 83.8 Å². The van der Waals surface area contributed by atoms with E-state index in [-0.39, 0.29) is 10.8 Å². The van der Waals surface area contributed by atoms with Gasteiger partial charge in [-0.1, -0.05) is 23.2 Å². The number of carbonyl (C=O) groups excluding carboxylic acids is 1. The Hall–Kier alpha value is -1.72. The summed E-state index contributed by atoms with van der Waals surface area (Å²) in [6, 6.07) is 4.62. The number of H-pyrrole nitrogens is 1. The van der Waals surface area contributed by atoms with Crippen molar-refractivity contribution >= 4 is 40.6 Å². The molecule has 0 aliphatic heterocycles. The second-order valence-corrected chi connectivity index (χ2v) is 4.53. The average Bonchev–Trinajstić information content (AvgIpc) is 2.61. The zero-order chi connectivity index (χ0) is 13.3. The maximum Gasteiger partial charge on any atom is 0.258 e. The van der Waals surface area contributed by atoms with Gasteiger partial charge in [0.05, 0.1) is 22.0 Å². The van der Waals surface area contributed by atoms with Gasteiger partial charge in [-0.2, -0.15) is 5.10 Å². The summed E-state index contributed by atoms with van der Waals surface area (Å²) in [7, 11) is 0. The van der Waals surface area contributed by atoms with Crippen molar-refractivity contribution in [2.75, 3.05) is 11.1 Å². The number of hydrogen-bond acceptors (Lipinski definition) is 3. The lowest BCUT2D eigenvalue weighted by atomic mass is 10.2. The van der Waals surface area contributed by atoms with Crippen LogP contribution in [0.25, 0.3) is 0 Å². The number of nitrogen functional groups attached to an aromatic ring is 1. The highest BCUT2D eigenvalue weighted by molar-refractivity contribution is 6.37. The first-order valence-electron chi connectivity index (χ1n) is 5.06. The number of hydrogen-bond donors (Lipinski definition) is 3. The summed E-state index contributed by atoms with van der Waals surface area (Å²) in [5.74, 6) is -0.113. The molecule has 1 amide bonds. The van der Waals surface area contributed by atoms with Gasteiger partial charge in [0.15, 0.2) is 5.82 Å². The largest absolute Gasteiger partial charge is 0.394 e. The molecule has 2 rings (SSSR count). The summed E-state index contributed by atoms with van der Waals surface area (Å²) >= 11 is 11.7. The molecule has 1 heterocycles. The minimum Gasteiger partial charge on any atom is -0.394 e. The Kier molecular flexibility index (Phi) is 3.45. The van der Waals surface area contributed by atoms with Gasteiger partial charge in [0.25, 0.3) is 5.91 Å². The van der Waals surface area contributed by atoms with E-state index in [0.29, 0.717) is 22.0 Å². The highest BCUT2D eigenvalue weighted by atomic mass is 35.5. The smallest absolute Gasteiger partial charge is 0.258 e. The zero-order valence-electron chi connectivity index (χ0n) is 9.42. The Balaban J connectivity index is 2.25. The molecule has 5 nitrogen and oxygen atoms in total. The molecular formula is C11H10Cl2N4O. The number of nitrogens with one attached hydrogen (secondary N) is 2. The van der Waals surface area contributed by atoms with E-state index in [1.54, 1.807) is 13.0 Å². The first kappa shape index (κ1) is 12.7. The quantitative estimate of drug-likeness (QED) is 0.793. The zero-order valence-corrected chi connectivity index (χ0v) is 10.9. The number of aromatic amines is 1. The number of aromatic nitrogens is 2. The predicted octanol–water partition coefficient (Wildman–Crippen LogP) is 2.86. The maximum atomic E-state index is 12.0. The number of amides is 1. The van der Waals surface area contributed by atoms with Crippen molar-refractivity contribution in [3.05, 3.63) is 39.5 Å². The minimum absolute atomic E-state index is 0.269. The van der Waals surface area contributed by atoms with E-state index in [1.165, 1.54) is 12.1 Å². The van der Waals surface area contributed by atoms with Crippen LogP contribution < -0.4 is 11.1 Å². The Morgan fingerprint density at radius 2 is 2.17 bits per heavy atom. The normalized spacial score (nSPS) is 10.4. The van der Waals surface area contributed by atoms with E-state index in [0.717, 1.165) is 0 Å². The standard InChI is InChI=1S/C11H10Cl2N4O/c1-5-9(14)10(17-16-5)15-11(18)7-3-2-6(12)4-8(7)13/h2-4H,14H2,1H3,(H2,15,16,17,18). The molecule has 0 aliphatic rings. The molecular weight excluding hydrogens is 275 g/mol. The molecule has 7 heteroatoms. The van der Waals surface area contributed by atoms with Crippen LogP contribution in [0.15, 0.2) is 18.2 Å². The van der Waals surface area contributed by atoms with Crippen LogP contribution in [0.5, 0.6) is 0 Å². The van der Waals surface area contributed by atoms with E-state index >= 15 is 0 Å². The summed E-state index contributed by atoms with van der Waals surface area (Å²) in [6.45, 7) is 1.76. The SMILES string of the molecule is Cc1[nH]nc(NC(=O)c2ccc(Cl)cc2Cl)c1N. The molecule has 0 saturated heterocycles. The van der Waals surface area contributed by atoms with Crippen LogP contribution >= 0.6 is 23.2 Å². The van der Waals surface area contributed by atoms with Crippen molar-refractivity contribution in [2.45, 2.75) is 6.92 Å². The Morgan fingerprint density at radius 3 is 2.72 bits per heavy atom. The van der Waals surface area contributed by atoms with Gasteiger partial charge in [-0.05, 0) is 25.1 Å². The van der Waals surface area contributed by atoms with Crippen molar-refractivity contribution < 1.29 is 4.79 Å². The van der Waals surface area contributed by atoms with Crippen molar-refractivity contribution in [3.8, 4) is 0 Å². The van der Waals surface area contributed by atoms with E-state index in [1.807, 2.05) is 0 Å². The predicted molar refractivity (Wildman–Crippen MR) is 72.2 cm³/mol. The van der Waals surface area contributed by atoms with Crippen LogP contribution in [0.4, 0.5) is 11.5 Å². The minimum atomic E-state index is -0.394. The van der Waals surface area contributed by atoms with Crippen molar-refractivity contribution in [1.82, 2.24) is 10.2 Å². The lowest BCUT2D eigenvalue weighted by Gasteiger charge is -2.05. The second-order valence-electron chi connectivity index (χ2n) is 3.69. The number of nitrogens with zero attached hydrogens (tertiary/aromatic N) is 1. The molecule has 1 aromatic heterocycles. The number of anilines is 2. The molecule has 0 spiro atoms. The van der Waals surface area contributed by atoms with Gasteiger partial charge in [-0.15, -0.1) is 0 Å². The first-order chi connectivity index (χ1) is 8.49. The Bertz CT molecular complexity index is 609. The van der Waals surface area contributed by atoms with Crippen molar-refractivity contribution in [3.63, 3.8) is 0 Å². The van der Waals surface area contributed by atoms with Crippen LogP contribution in [0.3, 0.4) is 0 Å². The molecule has 4 N–H and O–H groups in total. The third-order valence-electron chi connectivity index (χ3n) is 2.40. The fourth-order valence-corrected chi connectivity index (χ4v) is 1.88. The summed E-state index contributed by atoms with van der Waals surface area (Å²) in [6.07, 6.45) is 0. The highest BCUT2D eigenvalue weighted by Gasteiger charge is 2.14. The summed E-state index contributed by atoms with van der Waals surface area (Å²) in [5.41, 5.74) is 7.12. The van der Waals surface area contributed by atoms with E-state index in [9.17, 15) is 4.79 Å². The van der Waals surface area contributed by atoms with Crippen LogP contribution in [-0.4, -0.2) is 16.1 Å². The molecule has 1 aromatic carbocycles. The number of nitrogens with two attached hydrogens (primary N) is 1. The van der Waals surface area contributed by atoms with Crippen molar-refractivity contribution in [2.24, 2.45) is 0 Å². The lowest BCUT2D eigenvalue weighted by Crippen LogP contribution is -2.13. The van der Waals surface area contributed by atoms with Crippen LogP contribution in [-0.2, 0) is 0 Å². The van der Waals surface area contributed by atoms with Gasteiger partial charge in [0.2, 0.25) is 0 Å². The number of benzene rings is 1. The van der Waals surface area contributed by atoms with E-state index in [2.05, 4.69) is 15.5 Å². The van der Waals surface area contributed by atoms with Gasteiger partial charge in [-0.25, -0.2) is 0 Å². The molecule has 0 unspecified atom stereocenters. The third kappa shape index (κ3) is 2.42. The van der Waals surface area contributed by atoms with Gasteiger partial charge < -0.3 is 11.1 Å². The summed E-state index contributed by atoms with van der Waals surface area (Å²) in [5, 5.41) is 9.86. The van der Waals surface area contributed by atoms with Crippen LogP contribution in [0, 0.1) is 6.92 Å². The number of halogens is 2. The molecule has 0 atom stereocenters. The summed E-state index contributed by atoms with van der Waals surface area (Å²) < 4.78 is 0. The fraction of sp³-hybridized carbons (Fsp3) is 0.0909. The molecule has 18 heavy (non-hydrogen) atoms. The van der Waals surface area contributed by atoms with Gasteiger partial charge >= 0.3 is 0 Å². The van der Waals surface area contributed by atoms with Gasteiger partial charge in [0, 0.05) is 5.02 Å². The van der Waals surface area contributed by atoms with Gasteiger partial charge in [0.1, 0.15) is 0 Å². The van der Waals surface area contributed by atoms with Crippen LogP contribution in [0.1, 0.15) is 16.1 Å². The number of carbonyl (C=O) groups is 1. The lowest BCUT2D eigenvalue weighted by molar-refractivity contribution is 0.102. The van der Waals surface area contributed by atoms with Crippen molar-refractivity contribution in [1.29, 1.82) is 0 Å². The Morgan fingerprint density at radius 1 is 1.44 bits per heavy atom. The number of rotatable bonds is 2. The second kappa shape index (κ2) is 4.88. The molecule has 94 valence electrons. The molecule has 0 aliphatic carbocycles. The molecule has 0 radical (unpaired) electrons. The first-order valence-corrected chi connectivity index (χ1v) is 5.81. The average molecular weight is 285 g/mol. The van der Waals surface area contributed by atoms with E-state index < -0.39 is 5.91 Å². The fourth-order valence-electron chi connectivity index (χ4n) is 1.38.